The minimum atomic E-state index is -0.457. The maximum atomic E-state index is 12.1. The average Bonchev–Trinajstić information content (AvgIpc) is 2.37. The van der Waals surface area contributed by atoms with Crippen molar-refractivity contribution >= 4 is 12.3 Å². The number of nitrogens with two attached hydrogens (primary N) is 1. The molecule has 0 radical (unpaired) electrons. The van der Waals surface area contributed by atoms with E-state index in [0.717, 1.165) is 25.1 Å². The number of hydrogen-bond donors (Lipinski definition) is 2. The van der Waals surface area contributed by atoms with E-state index in [9.17, 15) is 4.79 Å². The van der Waals surface area contributed by atoms with Crippen LogP contribution in [0.4, 0.5) is 4.79 Å². The molecule has 112 valence electrons. The number of allylic oxidation sites excluding steroid dienone is 1. The molecule has 0 aromatic rings. The Hall–Kier alpha value is -1.56. The molecule has 2 aliphatic heterocycles. The van der Waals surface area contributed by atoms with Crippen LogP contribution >= 0.6 is 0 Å². The van der Waals surface area contributed by atoms with Crippen molar-refractivity contribution in [1.82, 2.24) is 10.2 Å². The highest BCUT2D eigenvalue weighted by molar-refractivity contribution is 5.73. The molecule has 1 fully saturated rings. The number of rotatable bonds is 1. The molecular formula is C14H24N4O2. The molecule has 2 heterocycles. The summed E-state index contributed by atoms with van der Waals surface area (Å²) in [5.41, 5.74) is 6.35. The van der Waals surface area contributed by atoms with Gasteiger partial charge in [0, 0.05) is 30.9 Å². The molecule has 20 heavy (non-hydrogen) atoms. The third-order valence-corrected chi connectivity index (χ3v) is 3.33. The second-order valence-electron chi connectivity index (χ2n) is 6.27. The van der Waals surface area contributed by atoms with E-state index >= 15 is 0 Å². The van der Waals surface area contributed by atoms with Crippen LogP contribution in [-0.4, -0.2) is 42.2 Å². The summed E-state index contributed by atoms with van der Waals surface area (Å²) in [7, 11) is 0. The summed E-state index contributed by atoms with van der Waals surface area (Å²) in [5.74, 6) is 0.272. The highest BCUT2D eigenvalue weighted by Crippen LogP contribution is 2.24. The quantitative estimate of drug-likeness (QED) is 0.761. The Balaban J connectivity index is 1.97. The average molecular weight is 280 g/mol. The Morgan fingerprint density at radius 1 is 1.55 bits per heavy atom. The summed E-state index contributed by atoms with van der Waals surface area (Å²) < 4.78 is 5.43. The minimum Gasteiger partial charge on any atom is -0.444 e. The van der Waals surface area contributed by atoms with Crippen LogP contribution in [0.5, 0.6) is 0 Å². The number of aliphatic imine (C=N–C) groups is 1. The number of carbonyl (C=O) groups is 1. The molecule has 6 heteroatoms. The van der Waals surface area contributed by atoms with Crippen molar-refractivity contribution in [2.24, 2.45) is 16.6 Å². The van der Waals surface area contributed by atoms with Crippen molar-refractivity contribution in [3.8, 4) is 0 Å². The predicted molar refractivity (Wildman–Crippen MR) is 78.2 cm³/mol. The molecule has 0 bridgehead atoms. The molecule has 0 aliphatic carbocycles. The van der Waals surface area contributed by atoms with Crippen molar-refractivity contribution in [1.29, 1.82) is 0 Å². The van der Waals surface area contributed by atoms with Gasteiger partial charge in [0.2, 0.25) is 0 Å². The molecule has 2 aliphatic rings. The molecule has 2 rings (SSSR count). The summed E-state index contributed by atoms with van der Waals surface area (Å²) in [6.45, 7) is 7.06. The fraction of sp³-hybridized carbons (Fsp3) is 0.714. The Bertz CT molecular complexity index is 425. The lowest BCUT2D eigenvalue weighted by Crippen LogP contribution is -2.46. The smallest absolute Gasteiger partial charge is 0.410 e. The van der Waals surface area contributed by atoms with Crippen LogP contribution in [-0.2, 0) is 4.74 Å². The van der Waals surface area contributed by atoms with Crippen molar-refractivity contribution in [2.45, 2.75) is 45.5 Å². The van der Waals surface area contributed by atoms with Gasteiger partial charge in [0.1, 0.15) is 5.60 Å². The lowest BCUT2D eigenvalue weighted by molar-refractivity contribution is 0.0179. The van der Waals surface area contributed by atoms with Gasteiger partial charge in [-0.2, -0.15) is 0 Å². The first-order valence-electron chi connectivity index (χ1n) is 7.08. The van der Waals surface area contributed by atoms with Gasteiger partial charge < -0.3 is 15.0 Å². The summed E-state index contributed by atoms with van der Waals surface area (Å²) >= 11 is 0. The SMILES string of the molecule is CC(C)(C)OC(=O)N1CCCC(C2=CC=NC(N)N2)C1. The number of amides is 1. The zero-order valence-corrected chi connectivity index (χ0v) is 12.4. The predicted octanol–water partition coefficient (Wildman–Crippen LogP) is 1.43. The summed E-state index contributed by atoms with van der Waals surface area (Å²) in [4.78, 5) is 17.9. The van der Waals surface area contributed by atoms with E-state index in [1.54, 1.807) is 11.1 Å². The Morgan fingerprint density at radius 2 is 2.30 bits per heavy atom. The van der Waals surface area contributed by atoms with Gasteiger partial charge in [0.05, 0.1) is 0 Å². The second-order valence-corrected chi connectivity index (χ2v) is 6.27. The van der Waals surface area contributed by atoms with E-state index in [-0.39, 0.29) is 18.3 Å². The van der Waals surface area contributed by atoms with Crippen LogP contribution in [0, 0.1) is 5.92 Å². The van der Waals surface area contributed by atoms with Crippen LogP contribution in [0.3, 0.4) is 0 Å². The van der Waals surface area contributed by atoms with Gasteiger partial charge in [-0.15, -0.1) is 0 Å². The number of carbonyl (C=O) groups excluding carboxylic acids is 1. The Kier molecular flexibility index (Phi) is 4.32. The second kappa shape index (κ2) is 5.83. The van der Waals surface area contributed by atoms with Crippen molar-refractivity contribution in [3.05, 3.63) is 11.8 Å². The highest BCUT2D eigenvalue weighted by atomic mass is 16.6. The van der Waals surface area contributed by atoms with Crippen LogP contribution in [0.2, 0.25) is 0 Å². The van der Waals surface area contributed by atoms with Gasteiger partial charge in [-0.3, -0.25) is 10.7 Å². The van der Waals surface area contributed by atoms with Gasteiger partial charge in [-0.05, 0) is 39.7 Å². The number of nitrogens with one attached hydrogen (secondary N) is 1. The molecule has 2 atom stereocenters. The first-order chi connectivity index (χ1) is 9.35. The third-order valence-electron chi connectivity index (χ3n) is 3.33. The van der Waals surface area contributed by atoms with Crippen LogP contribution < -0.4 is 11.1 Å². The van der Waals surface area contributed by atoms with E-state index in [0.29, 0.717) is 6.54 Å². The van der Waals surface area contributed by atoms with E-state index in [2.05, 4.69) is 10.3 Å². The molecule has 1 amide bonds. The lowest BCUT2D eigenvalue weighted by atomic mass is 9.94. The third kappa shape index (κ3) is 3.96. The fourth-order valence-corrected chi connectivity index (χ4v) is 2.45. The summed E-state index contributed by atoms with van der Waals surface area (Å²) in [5, 5.41) is 3.16. The number of ether oxygens (including phenoxy) is 1. The molecule has 0 spiro atoms. The number of nitrogens with zero attached hydrogens (tertiary/aromatic N) is 2. The normalized spacial score (nSPS) is 26.8. The topological polar surface area (TPSA) is 80.0 Å². The van der Waals surface area contributed by atoms with Gasteiger partial charge in [-0.1, -0.05) is 0 Å². The molecule has 0 aromatic carbocycles. The first-order valence-corrected chi connectivity index (χ1v) is 7.08. The standard InChI is InChI=1S/C14H24N4O2/c1-14(2,3)20-13(19)18-8-4-5-10(9-18)11-6-7-16-12(15)17-11/h6-7,10,12,17H,4-5,8-9,15H2,1-3H3. The molecule has 2 unspecified atom stereocenters. The zero-order chi connectivity index (χ0) is 14.8. The van der Waals surface area contributed by atoms with Crippen molar-refractivity contribution < 1.29 is 9.53 Å². The monoisotopic (exact) mass is 280 g/mol. The van der Waals surface area contributed by atoms with Gasteiger partial charge >= 0.3 is 6.09 Å². The molecule has 6 nitrogen and oxygen atoms in total. The van der Waals surface area contributed by atoms with Crippen LogP contribution in [0.25, 0.3) is 0 Å². The molecule has 3 N–H and O–H groups in total. The van der Waals surface area contributed by atoms with Gasteiger partial charge in [-0.25, -0.2) is 4.79 Å². The number of hydrogen-bond acceptors (Lipinski definition) is 5. The van der Waals surface area contributed by atoms with E-state index < -0.39 is 5.60 Å². The molecule has 1 saturated heterocycles. The largest absolute Gasteiger partial charge is 0.444 e. The van der Waals surface area contributed by atoms with Crippen molar-refractivity contribution in [2.75, 3.05) is 13.1 Å². The van der Waals surface area contributed by atoms with E-state index in [1.165, 1.54) is 0 Å². The zero-order valence-electron chi connectivity index (χ0n) is 12.4. The van der Waals surface area contributed by atoms with Crippen molar-refractivity contribution in [3.63, 3.8) is 0 Å². The van der Waals surface area contributed by atoms with E-state index in [1.807, 2.05) is 26.8 Å². The maximum Gasteiger partial charge on any atom is 0.410 e. The number of likely N-dealkylation sites (tertiary alicyclic amines) is 1. The number of piperidine rings is 1. The van der Waals surface area contributed by atoms with Gasteiger partial charge in [0.15, 0.2) is 6.29 Å². The molecule has 0 saturated carbocycles. The Morgan fingerprint density at radius 3 is 2.95 bits per heavy atom. The van der Waals surface area contributed by atoms with Crippen LogP contribution in [0.15, 0.2) is 16.8 Å². The fourth-order valence-electron chi connectivity index (χ4n) is 2.45. The summed E-state index contributed by atoms with van der Waals surface area (Å²) in [6, 6.07) is 0. The van der Waals surface area contributed by atoms with E-state index in [4.69, 9.17) is 10.5 Å². The Labute approximate surface area is 120 Å². The minimum absolute atomic E-state index is 0.239. The lowest BCUT2D eigenvalue weighted by Gasteiger charge is -2.36. The molecular weight excluding hydrogens is 256 g/mol. The van der Waals surface area contributed by atoms with Crippen LogP contribution in [0.1, 0.15) is 33.6 Å². The first kappa shape index (κ1) is 14.8. The molecule has 0 aromatic heterocycles. The maximum absolute atomic E-state index is 12.1. The summed E-state index contributed by atoms with van der Waals surface area (Å²) in [6.07, 6.45) is 5.05. The highest BCUT2D eigenvalue weighted by Gasteiger charge is 2.29. The van der Waals surface area contributed by atoms with Gasteiger partial charge in [0.25, 0.3) is 0 Å².